The Kier molecular flexibility index (Phi) is 2.75. The van der Waals surface area contributed by atoms with Gasteiger partial charge in [-0.3, -0.25) is 9.38 Å². The largest absolute Gasteiger partial charge is 0.485 e. The summed E-state index contributed by atoms with van der Waals surface area (Å²) in [6.45, 7) is 0.407. The highest BCUT2D eigenvalue weighted by molar-refractivity contribution is 7.15. The van der Waals surface area contributed by atoms with Gasteiger partial charge in [-0.15, -0.1) is 11.3 Å². The molecule has 104 valence electrons. The third-order valence-electron chi connectivity index (χ3n) is 3.29. The topological polar surface area (TPSA) is 65.4 Å². The van der Waals surface area contributed by atoms with Crippen LogP contribution < -0.4 is 10.5 Å². The van der Waals surface area contributed by atoms with Gasteiger partial charge >= 0.3 is 0 Å². The van der Waals surface area contributed by atoms with E-state index in [1.165, 1.54) is 0 Å². The van der Waals surface area contributed by atoms with Gasteiger partial charge < -0.3 is 10.5 Å². The second-order valence-electron chi connectivity index (χ2n) is 4.67. The third kappa shape index (κ3) is 2.09. The molecule has 0 atom stereocenters. The fourth-order valence-corrected chi connectivity index (χ4v) is 3.00. The molecule has 0 aliphatic heterocycles. The number of hydrogen-bond acceptors (Lipinski definition) is 5. The highest BCUT2D eigenvalue weighted by Crippen LogP contribution is 2.28. The molecule has 21 heavy (non-hydrogen) atoms. The molecule has 5 nitrogen and oxygen atoms in total. The van der Waals surface area contributed by atoms with Gasteiger partial charge in [-0.25, -0.2) is 4.98 Å². The molecule has 3 heterocycles. The van der Waals surface area contributed by atoms with Gasteiger partial charge in [0.25, 0.3) is 0 Å². The predicted octanol–water partition coefficient (Wildman–Crippen LogP) is 3.11. The molecule has 1 aromatic carbocycles. The summed E-state index contributed by atoms with van der Waals surface area (Å²) in [5.74, 6) is 0.719. The molecule has 0 saturated heterocycles. The Morgan fingerprint density at radius 2 is 2.24 bits per heavy atom. The van der Waals surface area contributed by atoms with E-state index in [1.807, 2.05) is 46.4 Å². The number of aromatic nitrogens is 3. The Morgan fingerprint density at radius 1 is 1.29 bits per heavy atom. The Hall–Kier alpha value is -2.60. The van der Waals surface area contributed by atoms with Gasteiger partial charge in [-0.05, 0) is 24.3 Å². The van der Waals surface area contributed by atoms with Crippen molar-refractivity contribution in [3.63, 3.8) is 0 Å². The quantitative estimate of drug-likeness (QED) is 0.590. The fourth-order valence-electron chi connectivity index (χ4n) is 2.28. The van der Waals surface area contributed by atoms with Crippen molar-refractivity contribution in [2.24, 2.45) is 0 Å². The van der Waals surface area contributed by atoms with Gasteiger partial charge in [0.1, 0.15) is 17.9 Å². The molecule has 4 aromatic rings. The maximum Gasteiger partial charge on any atom is 0.193 e. The van der Waals surface area contributed by atoms with Crippen LogP contribution in [0.4, 0.5) is 5.69 Å². The lowest BCUT2D eigenvalue weighted by Crippen LogP contribution is -1.98. The first-order chi connectivity index (χ1) is 10.3. The number of benzene rings is 1. The van der Waals surface area contributed by atoms with Gasteiger partial charge in [0.15, 0.2) is 4.96 Å². The summed E-state index contributed by atoms with van der Waals surface area (Å²) < 4.78 is 7.86. The van der Waals surface area contributed by atoms with Crippen LogP contribution in [0.1, 0.15) is 5.69 Å². The summed E-state index contributed by atoms with van der Waals surface area (Å²) in [5.41, 5.74) is 8.33. The molecular weight excluding hydrogens is 284 g/mol. The highest BCUT2D eigenvalue weighted by atomic mass is 32.1. The van der Waals surface area contributed by atoms with E-state index in [-0.39, 0.29) is 0 Å². The molecule has 0 spiro atoms. The molecule has 0 radical (unpaired) electrons. The Labute approximate surface area is 124 Å². The number of nitrogens with two attached hydrogens (primary N) is 1. The summed E-state index contributed by atoms with van der Waals surface area (Å²) >= 11 is 1.60. The minimum absolute atomic E-state index is 0.407. The van der Waals surface area contributed by atoms with Crippen LogP contribution in [0.2, 0.25) is 0 Å². The molecule has 4 rings (SSSR count). The van der Waals surface area contributed by atoms with Crippen molar-refractivity contribution in [3.8, 4) is 5.75 Å². The second kappa shape index (κ2) is 4.75. The maximum atomic E-state index is 5.96. The van der Waals surface area contributed by atoms with Gasteiger partial charge in [-0.2, -0.15) is 0 Å². The molecule has 0 aliphatic rings. The number of nitrogens with zero attached hydrogens (tertiary/aromatic N) is 3. The van der Waals surface area contributed by atoms with Crippen LogP contribution in [-0.2, 0) is 6.61 Å². The number of rotatable bonds is 3. The zero-order valence-electron chi connectivity index (χ0n) is 11.1. The van der Waals surface area contributed by atoms with Crippen molar-refractivity contribution in [2.45, 2.75) is 6.61 Å². The first kappa shape index (κ1) is 12.2. The second-order valence-corrected chi connectivity index (χ2v) is 5.54. The number of thiazole rings is 1. The van der Waals surface area contributed by atoms with Crippen molar-refractivity contribution in [1.29, 1.82) is 0 Å². The van der Waals surface area contributed by atoms with Crippen LogP contribution in [0.3, 0.4) is 0 Å². The number of pyridine rings is 1. The summed E-state index contributed by atoms with van der Waals surface area (Å²) in [4.78, 5) is 9.82. The SMILES string of the molecule is Nc1ccc(OCc2cn3ccsc3n2)c2ncccc12. The van der Waals surface area contributed by atoms with Gasteiger partial charge in [0, 0.05) is 35.0 Å². The summed E-state index contributed by atoms with van der Waals surface area (Å²) in [5, 5.41) is 2.91. The maximum absolute atomic E-state index is 5.96. The zero-order valence-corrected chi connectivity index (χ0v) is 11.9. The van der Waals surface area contributed by atoms with Crippen molar-refractivity contribution in [2.75, 3.05) is 5.73 Å². The van der Waals surface area contributed by atoms with Crippen molar-refractivity contribution in [3.05, 3.63) is 53.9 Å². The molecule has 2 N–H and O–H groups in total. The van der Waals surface area contributed by atoms with Crippen LogP contribution in [-0.4, -0.2) is 14.4 Å². The van der Waals surface area contributed by atoms with Crippen molar-refractivity contribution in [1.82, 2.24) is 14.4 Å². The lowest BCUT2D eigenvalue weighted by Gasteiger charge is -2.08. The van der Waals surface area contributed by atoms with Crippen LogP contribution in [0.5, 0.6) is 5.75 Å². The molecule has 0 fully saturated rings. The number of hydrogen-bond donors (Lipinski definition) is 1. The van der Waals surface area contributed by atoms with Crippen LogP contribution in [0.25, 0.3) is 15.9 Å². The van der Waals surface area contributed by atoms with Crippen molar-refractivity contribution < 1.29 is 4.74 Å². The fraction of sp³-hybridized carbons (Fsp3) is 0.0667. The van der Waals surface area contributed by atoms with E-state index < -0.39 is 0 Å². The average molecular weight is 296 g/mol. The van der Waals surface area contributed by atoms with Gasteiger partial charge in [-0.1, -0.05) is 0 Å². The first-order valence-electron chi connectivity index (χ1n) is 6.48. The van der Waals surface area contributed by atoms with E-state index in [0.29, 0.717) is 12.3 Å². The molecule has 0 unspecified atom stereocenters. The minimum Gasteiger partial charge on any atom is -0.485 e. The Bertz CT molecular complexity index is 899. The number of imidazole rings is 1. The van der Waals surface area contributed by atoms with E-state index >= 15 is 0 Å². The van der Waals surface area contributed by atoms with Gasteiger partial charge in [0.05, 0.1) is 5.69 Å². The molecular formula is C15H12N4OS. The summed E-state index contributed by atoms with van der Waals surface area (Å²) in [6.07, 6.45) is 5.69. The standard InChI is InChI=1S/C15H12N4OS/c16-12-3-4-13(14-11(12)2-1-5-17-14)20-9-10-8-19-6-7-21-15(19)18-10/h1-8H,9,16H2. The number of ether oxygens (including phenoxy) is 1. The van der Waals surface area contributed by atoms with E-state index in [2.05, 4.69) is 9.97 Å². The number of nitrogen functional groups attached to an aromatic ring is 1. The van der Waals surface area contributed by atoms with Crippen LogP contribution in [0, 0.1) is 0 Å². The number of anilines is 1. The first-order valence-corrected chi connectivity index (χ1v) is 7.36. The van der Waals surface area contributed by atoms with E-state index in [1.54, 1.807) is 17.5 Å². The monoisotopic (exact) mass is 296 g/mol. The lowest BCUT2D eigenvalue weighted by atomic mass is 10.2. The average Bonchev–Trinajstić information content (AvgIpc) is 3.08. The van der Waals surface area contributed by atoms with E-state index in [9.17, 15) is 0 Å². The third-order valence-corrected chi connectivity index (χ3v) is 4.06. The molecule has 6 heteroatoms. The van der Waals surface area contributed by atoms with Crippen LogP contribution >= 0.6 is 11.3 Å². The molecule has 0 bridgehead atoms. The normalized spacial score (nSPS) is 11.2. The van der Waals surface area contributed by atoms with Crippen LogP contribution in [0.15, 0.2) is 48.2 Å². The zero-order chi connectivity index (χ0) is 14.2. The van der Waals surface area contributed by atoms with Gasteiger partial charge in [0.2, 0.25) is 0 Å². The summed E-state index contributed by atoms with van der Waals surface area (Å²) in [6, 6.07) is 7.50. The highest BCUT2D eigenvalue weighted by Gasteiger charge is 2.08. The minimum atomic E-state index is 0.407. The summed E-state index contributed by atoms with van der Waals surface area (Å²) in [7, 11) is 0. The smallest absolute Gasteiger partial charge is 0.193 e. The predicted molar refractivity (Wildman–Crippen MR) is 83.6 cm³/mol. The lowest BCUT2D eigenvalue weighted by molar-refractivity contribution is 0.305. The Morgan fingerprint density at radius 3 is 3.14 bits per heavy atom. The molecule has 3 aromatic heterocycles. The molecule has 0 saturated carbocycles. The van der Waals surface area contributed by atoms with Crippen molar-refractivity contribution >= 4 is 32.9 Å². The number of fused-ring (bicyclic) bond motifs is 2. The van der Waals surface area contributed by atoms with E-state index in [0.717, 1.165) is 27.3 Å². The molecule has 0 amide bonds. The molecule has 0 aliphatic carbocycles. The van der Waals surface area contributed by atoms with E-state index in [4.69, 9.17) is 10.5 Å². The Balaban J connectivity index is 1.65.